The summed E-state index contributed by atoms with van der Waals surface area (Å²) in [6, 6.07) is 14.0. The minimum Gasteiger partial charge on any atom is -0.480 e. The second-order valence-corrected chi connectivity index (χ2v) is 6.23. The number of rotatable bonds is 6. The van der Waals surface area contributed by atoms with Gasteiger partial charge in [-0.15, -0.1) is 0 Å². The molecule has 0 aliphatic carbocycles. The molecule has 0 atom stereocenters. The number of halogens is 3. The second kappa shape index (κ2) is 8.17. The summed E-state index contributed by atoms with van der Waals surface area (Å²) in [5.74, 6) is -0.822. The lowest BCUT2D eigenvalue weighted by Crippen LogP contribution is -2.15. The van der Waals surface area contributed by atoms with Gasteiger partial charge in [0.25, 0.3) is 0 Å². The zero-order valence-electron chi connectivity index (χ0n) is 15.3. The maximum atomic E-state index is 13.0. The molecule has 0 amide bonds. The van der Waals surface area contributed by atoms with Gasteiger partial charge in [-0.05, 0) is 24.6 Å². The van der Waals surface area contributed by atoms with Gasteiger partial charge in [0.15, 0.2) is 0 Å². The van der Waals surface area contributed by atoms with E-state index in [4.69, 9.17) is 5.11 Å². The van der Waals surface area contributed by atoms with E-state index < -0.39 is 24.3 Å². The topological polar surface area (TPSA) is 87.1 Å². The fourth-order valence-electron chi connectivity index (χ4n) is 2.57. The van der Waals surface area contributed by atoms with Crippen LogP contribution in [0.1, 0.15) is 11.1 Å². The van der Waals surface area contributed by atoms with Crippen LogP contribution < -0.4 is 10.6 Å². The first-order valence-electron chi connectivity index (χ1n) is 8.57. The molecule has 0 bridgehead atoms. The number of nitrogens with zero attached hydrogens (tertiary/aromatic N) is 2. The van der Waals surface area contributed by atoms with Gasteiger partial charge in [0.2, 0.25) is 5.95 Å². The summed E-state index contributed by atoms with van der Waals surface area (Å²) in [5, 5.41) is 14.3. The number of hydrogen-bond acceptors (Lipinski definition) is 5. The third-order valence-electron chi connectivity index (χ3n) is 4.02. The molecule has 3 N–H and O–H groups in total. The minimum atomic E-state index is -4.47. The predicted molar refractivity (Wildman–Crippen MR) is 103 cm³/mol. The third kappa shape index (κ3) is 5.22. The van der Waals surface area contributed by atoms with Crippen molar-refractivity contribution >= 4 is 23.4 Å². The molecule has 150 valence electrons. The van der Waals surface area contributed by atoms with E-state index in [1.54, 1.807) is 13.0 Å². The summed E-state index contributed by atoms with van der Waals surface area (Å²) in [6.45, 7) is 1.27. The third-order valence-corrected chi connectivity index (χ3v) is 4.02. The van der Waals surface area contributed by atoms with E-state index >= 15 is 0 Å². The Morgan fingerprint density at radius 3 is 2.45 bits per heavy atom. The zero-order chi connectivity index (χ0) is 21.0. The smallest absolute Gasteiger partial charge is 0.416 e. The number of benzene rings is 2. The SMILES string of the molecule is Cc1ccc(C(F)(F)F)cc1Nc1cc(-c2ccccc2)nc(NCC(=O)O)n1. The molecule has 1 heterocycles. The van der Waals surface area contributed by atoms with Crippen molar-refractivity contribution in [3.63, 3.8) is 0 Å². The molecule has 0 spiro atoms. The van der Waals surface area contributed by atoms with Crippen molar-refractivity contribution in [3.8, 4) is 11.3 Å². The summed E-state index contributed by atoms with van der Waals surface area (Å²) in [6.07, 6.45) is -4.47. The van der Waals surface area contributed by atoms with Crippen molar-refractivity contribution in [1.29, 1.82) is 0 Å². The van der Waals surface area contributed by atoms with Crippen LogP contribution in [-0.2, 0) is 11.0 Å². The molecule has 0 fully saturated rings. The van der Waals surface area contributed by atoms with E-state index in [0.29, 0.717) is 11.3 Å². The highest BCUT2D eigenvalue weighted by Gasteiger charge is 2.30. The lowest BCUT2D eigenvalue weighted by atomic mass is 10.1. The molecule has 6 nitrogen and oxygen atoms in total. The number of aromatic nitrogens is 2. The average Bonchev–Trinajstić information content (AvgIpc) is 2.68. The molecule has 0 aliphatic rings. The predicted octanol–water partition coefficient (Wildman–Crippen LogP) is 4.71. The monoisotopic (exact) mass is 402 g/mol. The fourth-order valence-corrected chi connectivity index (χ4v) is 2.57. The first kappa shape index (κ1) is 20.1. The molecule has 0 unspecified atom stereocenters. The molecule has 1 aromatic heterocycles. The van der Waals surface area contributed by atoms with E-state index in [9.17, 15) is 18.0 Å². The minimum absolute atomic E-state index is 0.0425. The standard InChI is InChI=1S/C20H17F3N4O2/c1-12-7-8-14(20(21,22)23)9-15(12)25-17-10-16(13-5-3-2-4-6-13)26-19(27-17)24-11-18(28)29/h2-10H,11H2,1H3,(H,28,29)(H2,24,25,26,27). The van der Waals surface area contributed by atoms with Gasteiger partial charge in [0.05, 0.1) is 11.3 Å². The molecule has 0 saturated carbocycles. The number of nitrogens with one attached hydrogen (secondary N) is 2. The largest absolute Gasteiger partial charge is 0.480 e. The van der Waals surface area contributed by atoms with Gasteiger partial charge in [0, 0.05) is 17.3 Å². The van der Waals surface area contributed by atoms with Crippen molar-refractivity contribution in [2.24, 2.45) is 0 Å². The highest BCUT2D eigenvalue weighted by Crippen LogP contribution is 2.33. The Bertz CT molecular complexity index is 1020. The van der Waals surface area contributed by atoms with Gasteiger partial charge < -0.3 is 15.7 Å². The van der Waals surface area contributed by atoms with Crippen LogP contribution in [0.3, 0.4) is 0 Å². The molecular weight excluding hydrogens is 385 g/mol. The number of anilines is 3. The molecule has 29 heavy (non-hydrogen) atoms. The van der Waals surface area contributed by atoms with Crippen molar-refractivity contribution in [3.05, 3.63) is 65.7 Å². The van der Waals surface area contributed by atoms with Crippen LogP contribution in [0, 0.1) is 6.92 Å². The van der Waals surface area contributed by atoms with Crippen LogP contribution in [0.5, 0.6) is 0 Å². The van der Waals surface area contributed by atoms with Crippen molar-refractivity contribution < 1.29 is 23.1 Å². The number of hydrogen-bond donors (Lipinski definition) is 3. The quantitative estimate of drug-likeness (QED) is 0.554. The van der Waals surface area contributed by atoms with Gasteiger partial charge in [-0.1, -0.05) is 36.4 Å². The molecule has 3 rings (SSSR count). The van der Waals surface area contributed by atoms with Crippen LogP contribution in [0.25, 0.3) is 11.3 Å². The van der Waals surface area contributed by atoms with Crippen LogP contribution in [-0.4, -0.2) is 27.6 Å². The summed E-state index contributed by atoms with van der Waals surface area (Å²) < 4.78 is 39.1. The Labute approximate surface area is 164 Å². The number of aliphatic carboxylic acids is 1. The van der Waals surface area contributed by atoms with Crippen LogP contribution in [0.4, 0.5) is 30.6 Å². The average molecular weight is 402 g/mol. The summed E-state index contributed by atoms with van der Waals surface area (Å²) in [5.41, 5.74) is 1.28. The number of carboxylic acids is 1. The summed E-state index contributed by atoms with van der Waals surface area (Å²) in [7, 11) is 0. The highest BCUT2D eigenvalue weighted by atomic mass is 19.4. The van der Waals surface area contributed by atoms with Gasteiger partial charge in [-0.2, -0.15) is 18.2 Å². The first-order valence-corrected chi connectivity index (χ1v) is 8.57. The number of alkyl halides is 3. The molecule has 3 aromatic rings. The van der Waals surface area contributed by atoms with E-state index in [2.05, 4.69) is 20.6 Å². The highest BCUT2D eigenvalue weighted by molar-refractivity contribution is 5.73. The van der Waals surface area contributed by atoms with Gasteiger partial charge in [0.1, 0.15) is 12.4 Å². The summed E-state index contributed by atoms with van der Waals surface area (Å²) >= 11 is 0. The molecule has 0 aliphatic heterocycles. The molecule has 0 radical (unpaired) electrons. The zero-order valence-corrected chi connectivity index (χ0v) is 15.3. The van der Waals surface area contributed by atoms with Gasteiger partial charge in [-0.3, -0.25) is 4.79 Å². The van der Waals surface area contributed by atoms with E-state index in [1.165, 1.54) is 6.07 Å². The number of aryl methyl sites for hydroxylation is 1. The Balaban J connectivity index is 2.00. The molecule has 9 heteroatoms. The molecule has 0 saturated heterocycles. The Morgan fingerprint density at radius 2 is 1.79 bits per heavy atom. The normalized spacial score (nSPS) is 11.2. The first-order chi connectivity index (χ1) is 13.7. The second-order valence-electron chi connectivity index (χ2n) is 6.23. The Kier molecular flexibility index (Phi) is 5.67. The number of carboxylic acid groups (broad SMARTS) is 1. The van der Waals surface area contributed by atoms with E-state index in [-0.39, 0.29) is 17.5 Å². The maximum absolute atomic E-state index is 13.0. The fraction of sp³-hybridized carbons (Fsp3) is 0.150. The molecule has 2 aromatic carbocycles. The van der Waals surface area contributed by atoms with Crippen molar-refractivity contribution in [1.82, 2.24) is 9.97 Å². The van der Waals surface area contributed by atoms with Gasteiger partial charge >= 0.3 is 12.1 Å². The van der Waals surface area contributed by atoms with E-state index in [0.717, 1.165) is 17.7 Å². The van der Waals surface area contributed by atoms with Crippen molar-refractivity contribution in [2.75, 3.05) is 17.2 Å². The lowest BCUT2D eigenvalue weighted by molar-refractivity contribution is -0.137. The summed E-state index contributed by atoms with van der Waals surface area (Å²) in [4.78, 5) is 19.3. The lowest BCUT2D eigenvalue weighted by Gasteiger charge is -2.14. The number of carbonyl (C=O) groups is 1. The Hall–Kier alpha value is -3.62. The van der Waals surface area contributed by atoms with Crippen LogP contribution in [0.2, 0.25) is 0 Å². The Morgan fingerprint density at radius 1 is 1.07 bits per heavy atom. The van der Waals surface area contributed by atoms with E-state index in [1.807, 2.05) is 30.3 Å². The molecular formula is C20H17F3N4O2. The maximum Gasteiger partial charge on any atom is 0.416 e. The van der Waals surface area contributed by atoms with Crippen molar-refractivity contribution in [2.45, 2.75) is 13.1 Å². The van der Waals surface area contributed by atoms with Crippen LogP contribution in [0.15, 0.2) is 54.6 Å². The van der Waals surface area contributed by atoms with Gasteiger partial charge in [-0.25, -0.2) is 4.98 Å². The van der Waals surface area contributed by atoms with Crippen LogP contribution >= 0.6 is 0 Å².